The van der Waals surface area contributed by atoms with Crippen LogP contribution >= 0.6 is 0 Å². The minimum Gasteiger partial charge on any atom is -0.318 e. The number of para-hydroxylation sites is 1. The van der Waals surface area contributed by atoms with E-state index in [0.717, 1.165) is 25.6 Å². The largest absolute Gasteiger partial charge is 0.318 e. The zero-order chi connectivity index (χ0) is 14.5. The van der Waals surface area contributed by atoms with Gasteiger partial charge in [-0.05, 0) is 37.9 Å². The molecular weight excluding hydrogens is 265 g/mol. The molecule has 0 aromatic heterocycles. The monoisotopic (exact) mass is 281 g/mol. The predicted molar refractivity (Wildman–Crippen MR) is 71.9 cm³/mol. The Hall–Kier alpha value is -2.02. The normalized spacial score (nSPS) is 17.9. The summed E-state index contributed by atoms with van der Waals surface area (Å²) in [7, 11) is 0. The van der Waals surface area contributed by atoms with E-state index in [2.05, 4.69) is 10.6 Å². The molecule has 108 valence electrons. The van der Waals surface area contributed by atoms with Crippen LogP contribution in [0.15, 0.2) is 18.2 Å². The van der Waals surface area contributed by atoms with Gasteiger partial charge in [-0.25, -0.2) is 4.39 Å². The summed E-state index contributed by atoms with van der Waals surface area (Å²) in [5, 5.41) is 16.3. The lowest BCUT2D eigenvalue weighted by atomic mass is 10.0. The van der Waals surface area contributed by atoms with Crippen LogP contribution in [0.4, 0.5) is 15.8 Å². The van der Waals surface area contributed by atoms with Gasteiger partial charge < -0.3 is 10.6 Å². The van der Waals surface area contributed by atoms with Crippen molar-refractivity contribution in [2.75, 3.05) is 18.4 Å². The number of hydrogen-bond acceptors (Lipinski definition) is 4. The fourth-order valence-corrected chi connectivity index (χ4v) is 2.29. The Morgan fingerprint density at radius 3 is 3.00 bits per heavy atom. The van der Waals surface area contributed by atoms with Gasteiger partial charge in [0.15, 0.2) is 11.5 Å². The summed E-state index contributed by atoms with van der Waals surface area (Å²) in [6.07, 6.45) is 1.95. The Morgan fingerprint density at radius 2 is 2.35 bits per heavy atom. The number of carbonyl (C=O) groups is 1. The molecule has 1 aromatic rings. The fourth-order valence-electron chi connectivity index (χ4n) is 2.29. The predicted octanol–water partition coefficient (Wildman–Crippen LogP) is 2.06. The molecule has 0 spiro atoms. The summed E-state index contributed by atoms with van der Waals surface area (Å²) in [4.78, 5) is 21.9. The van der Waals surface area contributed by atoms with E-state index in [1.54, 1.807) is 0 Å². The van der Waals surface area contributed by atoms with Crippen molar-refractivity contribution in [1.82, 2.24) is 5.32 Å². The van der Waals surface area contributed by atoms with Gasteiger partial charge in [0.2, 0.25) is 5.91 Å². The molecule has 0 aliphatic carbocycles. The number of hydrogen-bond donors (Lipinski definition) is 2. The molecule has 0 bridgehead atoms. The Morgan fingerprint density at radius 1 is 1.55 bits per heavy atom. The standard InChI is InChI=1S/C13H16FN3O3/c14-10-2-1-3-11(17(19)20)13(10)16-12(18)5-4-9-6-7-15-8-9/h1-3,9,15H,4-8H2,(H,16,18). The Labute approximate surface area is 115 Å². The van der Waals surface area contributed by atoms with E-state index in [4.69, 9.17) is 0 Å². The zero-order valence-electron chi connectivity index (χ0n) is 10.9. The first-order chi connectivity index (χ1) is 9.58. The number of carbonyl (C=O) groups excluding carboxylic acids is 1. The highest BCUT2D eigenvalue weighted by atomic mass is 19.1. The van der Waals surface area contributed by atoms with Crippen LogP contribution in [-0.4, -0.2) is 23.9 Å². The highest BCUT2D eigenvalue weighted by Crippen LogP contribution is 2.27. The van der Waals surface area contributed by atoms with E-state index in [0.29, 0.717) is 12.3 Å². The summed E-state index contributed by atoms with van der Waals surface area (Å²) in [6.45, 7) is 1.83. The molecule has 6 nitrogen and oxygen atoms in total. The van der Waals surface area contributed by atoms with E-state index in [-0.39, 0.29) is 12.1 Å². The topological polar surface area (TPSA) is 84.3 Å². The summed E-state index contributed by atoms with van der Waals surface area (Å²) in [5.41, 5.74) is -0.784. The Bertz CT molecular complexity index is 516. The number of nitro benzene ring substituents is 1. The number of nitrogens with one attached hydrogen (secondary N) is 2. The molecule has 1 aliphatic heterocycles. The third-order valence-electron chi connectivity index (χ3n) is 3.39. The molecule has 20 heavy (non-hydrogen) atoms. The molecule has 1 aliphatic rings. The van der Waals surface area contributed by atoms with Crippen molar-refractivity contribution in [3.8, 4) is 0 Å². The molecule has 7 heteroatoms. The van der Waals surface area contributed by atoms with Crippen molar-refractivity contribution < 1.29 is 14.1 Å². The van der Waals surface area contributed by atoms with Gasteiger partial charge in [-0.15, -0.1) is 0 Å². The molecule has 2 rings (SSSR count). The number of anilines is 1. The van der Waals surface area contributed by atoms with E-state index < -0.39 is 22.3 Å². The molecule has 0 saturated carbocycles. The van der Waals surface area contributed by atoms with Crippen molar-refractivity contribution in [1.29, 1.82) is 0 Å². The zero-order valence-corrected chi connectivity index (χ0v) is 10.9. The van der Waals surface area contributed by atoms with Crippen molar-refractivity contribution in [3.05, 3.63) is 34.1 Å². The average molecular weight is 281 g/mol. The molecule has 2 N–H and O–H groups in total. The molecule has 1 atom stereocenters. The molecule has 1 fully saturated rings. The van der Waals surface area contributed by atoms with E-state index in [1.165, 1.54) is 12.1 Å². The number of halogens is 1. The lowest BCUT2D eigenvalue weighted by Crippen LogP contribution is -2.16. The number of nitrogens with zero attached hydrogens (tertiary/aromatic N) is 1. The van der Waals surface area contributed by atoms with E-state index in [9.17, 15) is 19.3 Å². The van der Waals surface area contributed by atoms with Gasteiger partial charge in [0, 0.05) is 12.5 Å². The molecule has 1 saturated heterocycles. The molecule has 0 radical (unpaired) electrons. The number of benzene rings is 1. The smallest absolute Gasteiger partial charge is 0.295 e. The number of rotatable bonds is 5. The van der Waals surface area contributed by atoms with Crippen molar-refractivity contribution in [2.45, 2.75) is 19.3 Å². The van der Waals surface area contributed by atoms with Crippen LogP contribution in [-0.2, 0) is 4.79 Å². The minimum absolute atomic E-state index is 0.234. The van der Waals surface area contributed by atoms with Crippen LogP contribution in [0, 0.1) is 21.8 Å². The summed E-state index contributed by atoms with van der Waals surface area (Å²) in [6, 6.07) is 3.50. The maximum absolute atomic E-state index is 13.6. The SMILES string of the molecule is O=C(CCC1CCNC1)Nc1c(F)cccc1[N+](=O)[O-]. The van der Waals surface area contributed by atoms with Gasteiger partial charge in [0.05, 0.1) is 4.92 Å². The van der Waals surface area contributed by atoms with Gasteiger partial charge in [-0.3, -0.25) is 14.9 Å². The molecule has 1 heterocycles. The van der Waals surface area contributed by atoms with Gasteiger partial charge in [0.1, 0.15) is 0 Å². The third-order valence-corrected chi connectivity index (χ3v) is 3.39. The fraction of sp³-hybridized carbons (Fsp3) is 0.462. The minimum atomic E-state index is -0.796. The first-order valence-corrected chi connectivity index (χ1v) is 6.51. The van der Waals surface area contributed by atoms with Crippen LogP contribution in [0.5, 0.6) is 0 Å². The second-order valence-corrected chi connectivity index (χ2v) is 4.84. The highest BCUT2D eigenvalue weighted by Gasteiger charge is 2.21. The van der Waals surface area contributed by atoms with Crippen molar-refractivity contribution >= 4 is 17.3 Å². The van der Waals surface area contributed by atoms with Crippen LogP contribution in [0.3, 0.4) is 0 Å². The van der Waals surface area contributed by atoms with Gasteiger partial charge in [-0.1, -0.05) is 6.07 Å². The van der Waals surface area contributed by atoms with Crippen LogP contribution in [0.2, 0.25) is 0 Å². The molecule has 1 aromatic carbocycles. The lowest BCUT2D eigenvalue weighted by Gasteiger charge is -2.09. The van der Waals surface area contributed by atoms with Gasteiger partial charge in [0.25, 0.3) is 5.69 Å². The highest BCUT2D eigenvalue weighted by molar-refractivity contribution is 5.93. The first kappa shape index (κ1) is 14.4. The quantitative estimate of drug-likeness (QED) is 0.639. The summed E-state index contributed by atoms with van der Waals surface area (Å²) < 4.78 is 13.6. The van der Waals surface area contributed by atoms with Gasteiger partial charge in [-0.2, -0.15) is 0 Å². The maximum atomic E-state index is 13.6. The maximum Gasteiger partial charge on any atom is 0.295 e. The van der Waals surface area contributed by atoms with Crippen LogP contribution in [0.1, 0.15) is 19.3 Å². The number of amides is 1. The van der Waals surface area contributed by atoms with Gasteiger partial charge >= 0.3 is 0 Å². The van der Waals surface area contributed by atoms with Crippen LogP contribution < -0.4 is 10.6 Å². The molecule has 1 amide bonds. The number of nitro groups is 1. The average Bonchev–Trinajstić information content (AvgIpc) is 2.91. The summed E-state index contributed by atoms with van der Waals surface area (Å²) in [5.74, 6) is -0.753. The lowest BCUT2D eigenvalue weighted by molar-refractivity contribution is -0.384. The van der Waals surface area contributed by atoms with Crippen LogP contribution in [0.25, 0.3) is 0 Å². The summed E-state index contributed by atoms with van der Waals surface area (Å²) >= 11 is 0. The first-order valence-electron chi connectivity index (χ1n) is 6.51. The molecule has 1 unspecified atom stereocenters. The van der Waals surface area contributed by atoms with E-state index in [1.807, 2.05) is 0 Å². The van der Waals surface area contributed by atoms with Crippen molar-refractivity contribution in [2.24, 2.45) is 5.92 Å². The van der Waals surface area contributed by atoms with Crippen molar-refractivity contribution in [3.63, 3.8) is 0 Å². The Balaban J connectivity index is 1.98. The Kier molecular flexibility index (Phi) is 4.62. The second kappa shape index (κ2) is 6.42. The second-order valence-electron chi connectivity index (χ2n) is 4.84. The van der Waals surface area contributed by atoms with E-state index >= 15 is 0 Å². The third kappa shape index (κ3) is 3.51. The molecular formula is C13H16FN3O3.